The summed E-state index contributed by atoms with van der Waals surface area (Å²) in [5, 5.41) is 13.7. The van der Waals surface area contributed by atoms with Gasteiger partial charge >= 0.3 is 12.0 Å². The molecule has 1 aliphatic heterocycles. The molecule has 1 unspecified atom stereocenters. The van der Waals surface area contributed by atoms with Gasteiger partial charge in [-0.3, -0.25) is 0 Å². The van der Waals surface area contributed by atoms with Gasteiger partial charge in [0.1, 0.15) is 5.01 Å². The van der Waals surface area contributed by atoms with Gasteiger partial charge in [0.15, 0.2) is 5.69 Å². The fourth-order valence-corrected chi connectivity index (χ4v) is 3.10. The van der Waals surface area contributed by atoms with Crippen LogP contribution in [0.2, 0.25) is 0 Å². The number of likely N-dealkylation sites (N-methyl/N-ethyl adjacent to an activating group) is 2. The lowest BCUT2D eigenvalue weighted by Gasteiger charge is -2.35. The first kappa shape index (κ1) is 15.7. The number of carboxylic acids is 1. The molecule has 1 atom stereocenters. The third-order valence-corrected chi connectivity index (χ3v) is 4.48. The van der Waals surface area contributed by atoms with Crippen LogP contribution in [0.3, 0.4) is 0 Å². The molecule has 8 heteroatoms. The summed E-state index contributed by atoms with van der Waals surface area (Å²) in [6.45, 7) is 2.21. The molecule has 2 rings (SSSR count). The van der Waals surface area contributed by atoms with Gasteiger partial charge in [0.05, 0.1) is 6.54 Å². The number of amides is 2. The summed E-state index contributed by atoms with van der Waals surface area (Å²) in [4.78, 5) is 30.7. The Kier molecular flexibility index (Phi) is 5.13. The minimum atomic E-state index is -1.05. The van der Waals surface area contributed by atoms with Crippen molar-refractivity contribution >= 4 is 23.3 Å². The molecule has 0 saturated carbocycles. The second kappa shape index (κ2) is 6.86. The van der Waals surface area contributed by atoms with Gasteiger partial charge < -0.3 is 20.2 Å². The van der Waals surface area contributed by atoms with Gasteiger partial charge in [0.25, 0.3) is 0 Å². The SMILES string of the molecule is CN1CCCC(N(C)C(=O)NCc2nc(C(=O)O)cs2)C1. The first-order valence-electron chi connectivity index (χ1n) is 6.84. The fourth-order valence-electron chi connectivity index (χ4n) is 2.39. The Morgan fingerprint density at radius 1 is 1.62 bits per heavy atom. The van der Waals surface area contributed by atoms with Crippen molar-refractivity contribution in [1.82, 2.24) is 20.1 Å². The van der Waals surface area contributed by atoms with Crippen LogP contribution in [-0.2, 0) is 6.54 Å². The Hall–Kier alpha value is -1.67. The zero-order valence-corrected chi connectivity index (χ0v) is 13.0. The van der Waals surface area contributed by atoms with E-state index in [0.717, 1.165) is 25.9 Å². The van der Waals surface area contributed by atoms with E-state index in [1.165, 1.54) is 16.7 Å². The van der Waals surface area contributed by atoms with Crippen LogP contribution in [-0.4, -0.2) is 65.1 Å². The highest BCUT2D eigenvalue weighted by Crippen LogP contribution is 2.14. The molecule has 0 spiro atoms. The molecular formula is C13H20N4O3S. The van der Waals surface area contributed by atoms with E-state index >= 15 is 0 Å². The molecule has 1 aliphatic rings. The van der Waals surface area contributed by atoms with Crippen LogP contribution < -0.4 is 5.32 Å². The van der Waals surface area contributed by atoms with Crippen molar-refractivity contribution in [1.29, 1.82) is 0 Å². The monoisotopic (exact) mass is 312 g/mol. The molecule has 0 aliphatic carbocycles. The van der Waals surface area contributed by atoms with Crippen LogP contribution in [0.15, 0.2) is 5.38 Å². The Morgan fingerprint density at radius 3 is 3.00 bits per heavy atom. The van der Waals surface area contributed by atoms with Crippen LogP contribution in [0.25, 0.3) is 0 Å². The van der Waals surface area contributed by atoms with Crippen LogP contribution in [0.1, 0.15) is 28.3 Å². The number of carboxylic acid groups (broad SMARTS) is 1. The smallest absolute Gasteiger partial charge is 0.355 e. The van der Waals surface area contributed by atoms with E-state index in [9.17, 15) is 9.59 Å². The zero-order chi connectivity index (χ0) is 15.4. The van der Waals surface area contributed by atoms with E-state index in [4.69, 9.17) is 5.11 Å². The van der Waals surface area contributed by atoms with Crippen LogP contribution in [0, 0.1) is 0 Å². The summed E-state index contributed by atoms with van der Waals surface area (Å²) in [7, 11) is 3.85. The maximum Gasteiger partial charge on any atom is 0.355 e. The summed E-state index contributed by atoms with van der Waals surface area (Å²) >= 11 is 1.23. The number of aromatic carboxylic acids is 1. The van der Waals surface area contributed by atoms with Crippen LogP contribution in [0.4, 0.5) is 4.79 Å². The Labute approximate surface area is 127 Å². The number of nitrogens with one attached hydrogen (secondary N) is 1. The summed E-state index contributed by atoms with van der Waals surface area (Å²) in [5.41, 5.74) is 0.0199. The number of thiazole rings is 1. The van der Waals surface area contributed by atoms with Gasteiger partial charge in [-0.05, 0) is 26.4 Å². The highest BCUT2D eigenvalue weighted by atomic mass is 32.1. The van der Waals surface area contributed by atoms with E-state index in [1.54, 1.807) is 11.9 Å². The van der Waals surface area contributed by atoms with Gasteiger partial charge in [-0.1, -0.05) is 0 Å². The highest BCUT2D eigenvalue weighted by Gasteiger charge is 2.24. The highest BCUT2D eigenvalue weighted by molar-refractivity contribution is 7.09. The lowest BCUT2D eigenvalue weighted by atomic mass is 10.1. The van der Waals surface area contributed by atoms with Gasteiger partial charge in [-0.15, -0.1) is 11.3 Å². The van der Waals surface area contributed by atoms with Crippen molar-refractivity contribution in [3.63, 3.8) is 0 Å². The second-order valence-corrected chi connectivity index (χ2v) is 6.20. The molecule has 0 radical (unpaired) electrons. The number of piperidine rings is 1. The number of carbonyl (C=O) groups excluding carboxylic acids is 1. The van der Waals surface area contributed by atoms with Gasteiger partial charge in [0.2, 0.25) is 0 Å². The maximum absolute atomic E-state index is 12.1. The van der Waals surface area contributed by atoms with Gasteiger partial charge in [-0.25, -0.2) is 14.6 Å². The summed E-state index contributed by atoms with van der Waals surface area (Å²) in [6, 6.07) is 0.0667. The van der Waals surface area contributed by atoms with Crippen LogP contribution in [0.5, 0.6) is 0 Å². The maximum atomic E-state index is 12.1. The molecule has 7 nitrogen and oxygen atoms in total. The molecule has 1 saturated heterocycles. The third kappa shape index (κ3) is 4.15. The average Bonchev–Trinajstić information content (AvgIpc) is 2.93. The first-order valence-corrected chi connectivity index (χ1v) is 7.72. The van der Waals surface area contributed by atoms with Gasteiger partial charge in [0, 0.05) is 25.0 Å². The molecule has 1 fully saturated rings. The predicted molar refractivity (Wildman–Crippen MR) is 79.6 cm³/mol. The van der Waals surface area contributed by atoms with E-state index in [2.05, 4.69) is 22.2 Å². The van der Waals surface area contributed by atoms with Crippen molar-refractivity contribution in [3.8, 4) is 0 Å². The number of carbonyl (C=O) groups is 2. The average molecular weight is 312 g/mol. The molecule has 1 aromatic heterocycles. The fraction of sp³-hybridized carbons (Fsp3) is 0.615. The van der Waals surface area contributed by atoms with E-state index in [0.29, 0.717) is 5.01 Å². The number of likely N-dealkylation sites (tertiary alicyclic amines) is 1. The standard InChI is InChI=1S/C13H20N4O3S/c1-16-5-3-4-9(7-16)17(2)13(20)14-6-11-15-10(8-21-11)12(18)19/h8-9H,3-7H2,1-2H3,(H,14,20)(H,18,19). The summed E-state index contributed by atoms with van der Waals surface area (Å²) in [6.07, 6.45) is 2.10. The number of urea groups is 1. The third-order valence-electron chi connectivity index (χ3n) is 3.63. The Morgan fingerprint density at radius 2 is 2.38 bits per heavy atom. The van der Waals surface area contributed by atoms with Crippen molar-refractivity contribution in [2.45, 2.75) is 25.4 Å². The van der Waals surface area contributed by atoms with E-state index < -0.39 is 5.97 Å². The molecule has 2 heterocycles. The van der Waals surface area contributed by atoms with Crippen molar-refractivity contribution in [2.24, 2.45) is 0 Å². The first-order chi connectivity index (χ1) is 9.97. The number of nitrogens with zero attached hydrogens (tertiary/aromatic N) is 3. The molecule has 2 amide bonds. The number of rotatable bonds is 4. The number of aromatic nitrogens is 1. The number of hydrogen-bond donors (Lipinski definition) is 2. The van der Waals surface area contributed by atoms with Crippen LogP contribution >= 0.6 is 11.3 Å². The topological polar surface area (TPSA) is 85.8 Å². The van der Waals surface area contributed by atoms with Crippen molar-refractivity contribution in [3.05, 3.63) is 16.1 Å². The number of hydrogen-bond acceptors (Lipinski definition) is 5. The van der Waals surface area contributed by atoms with Crippen molar-refractivity contribution in [2.75, 3.05) is 27.2 Å². The zero-order valence-electron chi connectivity index (χ0n) is 12.2. The summed E-state index contributed by atoms with van der Waals surface area (Å²) in [5.74, 6) is -1.05. The van der Waals surface area contributed by atoms with Gasteiger partial charge in [-0.2, -0.15) is 0 Å². The van der Waals surface area contributed by atoms with E-state index in [1.807, 2.05) is 0 Å². The quantitative estimate of drug-likeness (QED) is 0.869. The van der Waals surface area contributed by atoms with Crippen molar-refractivity contribution < 1.29 is 14.7 Å². The second-order valence-electron chi connectivity index (χ2n) is 5.26. The largest absolute Gasteiger partial charge is 0.476 e. The van der Waals surface area contributed by atoms with E-state index in [-0.39, 0.29) is 24.3 Å². The Bertz CT molecular complexity index is 519. The molecular weight excluding hydrogens is 292 g/mol. The molecule has 116 valence electrons. The minimum Gasteiger partial charge on any atom is -0.476 e. The summed E-state index contributed by atoms with van der Waals surface area (Å²) < 4.78 is 0. The predicted octanol–water partition coefficient (Wildman–Crippen LogP) is 1.08. The lowest BCUT2D eigenvalue weighted by molar-refractivity contribution is 0.0691. The lowest BCUT2D eigenvalue weighted by Crippen LogP contribution is -2.50. The Balaban J connectivity index is 1.84. The normalized spacial score (nSPS) is 19.2. The molecule has 0 aromatic carbocycles. The molecule has 0 bridgehead atoms. The molecule has 21 heavy (non-hydrogen) atoms. The minimum absolute atomic E-state index is 0.0199. The molecule has 2 N–H and O–H groups in total. The molecule has 1 aromatic rings.